The van der Waals surface area contributed by atoms with Gasteiger partial charge in [0.25, 0.3) is 0 Å². The van der Waals surface area contributed by atoms with Crippen molar-refractivity contribution < 1.29 is 4.79 Å². The van der Waals surface area contributed by atoms with E-state index in [0.717, 1.165) is 76.1 Å². The minimum Gasteiger partial charge on any atom is -0.369 e. The fourth-order valence-electron chi connectivity index (χ4n) is 4.49. The molecule has 2 aromatic rings. The van der Waals surface area contributed by atoms with E-state index in [1.807, 2.05) is 4.90 Å². The van der Waals surface area contributed by atoms with Crippen LogP contribution in [0.25, 0.3) is 0 Å². The standard InChI is InChI=1S/C23H35ClN8O/c1-3-19-20(16-32(29-19)17-8-13-30(2)14-9-17)27-23-26-15-18(24)22(28-23)25-10-6-12-31-11-5-4-7-21(31)33/h15-17H,3-14H2,1-2H3,(H2,25,26,27,28). The summed E-state index contributed by atoms with van der Waals surface area (Å²) in [6.45, 7) is 6.61. The Labute approximate surface area is 200 Å². The van der Waals surface area contributed by atoms with Gasteiger partial charge in [0.2, 0.25) is 11.9 Å². The lowest BCUT2D eigenvalue weighted by Gasteiger charge is -2.28. The number of nitrogens with one attached hydrogen (secondary N) is 2. The first-order valence-corrected chi connectivity index (χ1v) is 12.5. The van der Waals surface area contributed by atoms with E-state index >= 15 is 0 Å². The highest BCUT2D eigenvalue weighted by atomic mass is 35.5. The number of carbonyl (C=O) groups excluding carboxylic acids is 1. The minimum atomic E-state index is 0.264. The summed E-state index contributed by atoms with van der Waals surface area (Å²) in [5.74, 6) is 1.35. The van der Waals surface area contributed by atoms with E-state index < -0.39 is 0 Å². The van der Waals surface area contributed by atoms with Crippen molar-refractivity contribution in [1.82, 2.24) is 29.5 Å². The first-order chi connectivity index (χ1) is 16.0. The Morgan fingerprint density at radius 2 is 2.03 bits per heavy atom. The highest BCUT2D eigenvalue weighted by Gasteiger charge is 2.21. The Morgan fingerprint density at radius 1 is 1.21 bits per heavy atom. The summed E-state index contributed by atoms with van der Waals surface area (Å²) in [5, 5.41) is 11.9. The summed E-state index contributed by atoms with van der Waals surface area (Å²) >= 11 is 6.33. The number of hydrogen-bond acceptors (Lipinski definition) is 7. The molecule has 2 fully saturated rings. The molecule has 0 aliphatic carbocycles. The Morgan fingerprint density at radius 3 is 2.79 bits per heavy atom. The van der Waals surface area contributed by atoms with Crippen LogP contribution in [0.2, 0.25) is 5.02 Å². The quantitative estimate of drug-likeness (QED) is 0.535. The molecule has 2 saturated heterocycles. The summed E-state index contributed by atoms with van der Waals surface area (Å²) in [6.07, 6.45) is 10.4. The summed E-state index contributed by atoms with van der Waals surface area (Å²) in [7, 11) is 2.17. The molecule has 180 valence electrons. The summed E-state index contributed by atoms with van der Waals surface area (Å²) in [5.41, 5.74) is 1.95. The predicted molar refractivity (Wildman–Crippen MR) is 131 cm³/mol. The molecule has 2 aliphatic rings. The van der Waals surface area contributed by atoms with E-state index in [4.69, 9.17) is 16.7 Å². The van der Waals surface area contributed by atoms with Crippen molar-refractivity contribution in [2.45, 2.75) is 57.9 Å². The second-order valence-corrected chi connectivity index (χ2v) is 9.40. The van der Waals surface area contributed by atoms with Gasteiger partial charge in [-0.25, -0.2) is 4.98 Å². The molecule has 2 N–H and O–H groups in total. The molecule has 0 bridgehead atoms. The summed E-state index contributed by atoms with van der Waals surface area (Å²) < 4.78 is 2.10. The molecule has 2 aromatic heterocycles. The van der Waals surface area contributed by atoms with E-state index in [1.54, 1.807) is 6.20 Å². The van der Waals surface area contributed by atoms with Gasteiger partial charge in [-0.2, -0.15) is 10.1 Å². The molecule has 10 heteroatoms. The second-order valence-electron chi connectivity index (χ2n) is 8.99. The molecule has 0 unspecified atom stereocenters. The van der Waals surface area contributed by atoms with Crippen LogP contribution in [0.3, 0.4) is 0 Å². The van der Waals surface area contributed by atoms with Crippen molar-refractivity contribution >= 4 is 35.0 Å². The van der Waals surface area contributed by atoms with Crippen LogP contribution in [0.5, 0.6) is 0 Å². The van der Waals surface area contributed by atoms with Crippen molar-refractivity contribution in [3.8, 4) is 0 Å². The Balaban J connectivity index is 1.35. The van der Waals surface area contributed by atoms with Crippen LogP contribution in [-0.4, -0.2) is 75.2 Å². The van der Waals surface area contributed by atoms with Crippen LogP contribution in [0.4, 0.5) is 17.5 Å². The lowest BCUT2D eigenvalue weighted by molar-refractivity contribution is -0.133. The third-order valence-corrected chi connectivity index (χ3v) is 6.79. The smallest absolute Gasteiger partial charge is 0.229 e. The van der Waals surface area contributed by atoms with Crippen molar-refractivity contribution in [3.63, 3.8) is 0 Å². The van der Waals surface area contributed by atoms with Crippen LogP contribution >= 0.6 is 11.6 Å². The third kappa shape index (κ3) is 6.14. The lowest BCUT2D eigenvalue weighted by atomic mass is 10.1. The zero-order valence-corrected chi connectivity index (χ0v) is 20.4. The van der Waals surface area contributed by atoms with Crippen molar-refractivity contribution in [3.05, 3.63) is 23.1 Å². The van der Waals surface area contributed by atoms with Gasteiger partial charge in [0.15, 0.2) is 0 Å². The van der Waals surface area contributed by atoms with Gasteiger partial charge < -0.3 is 20.4 Å². The van der Waals surface area contributed by atoms with Crippen LogP contribution in [0.15, 0.2) is 12.4 Å². The van der Waals surface area contributed by atoms with E-state index in [0.29, 0.717) is 35.8 Å². The van der Waals surface area contributed by atoms with Gasteiger partial charge >= 0.3 is 0 Å². The summed E-state index contributed by atoms with van der Waals surface area (Å²) in [4.78, 5) is 25.2. The highest BCUT2D eigenvalue weighted by molar-refractivity contribution is 6.32. The van der Waals surface area contributed by atoms with Crippen molar-refractivity contribution in [2.24, 2.45) is 0 Å². The fourth-order valence-corrected chi connectivity index (χ4v) is 4.65. The molecular formula is C23H35ClN8O. The van der Waals surface area contributed by atoms with Gasteiger partial charge in [0.05, 0.1) is 23.6 Å². The Kier molecular flexibility index (Phi) is 8.03. The second kappa shape index (κ2) is 11.2. The molecule has 9 nitrogen and oxygen atoms in total. The number of anilines is 3. The number of hydrogen-bond donors (Lipinski definition) is 2. The molecular weight excluding hydrogens is 440 g/mol. The first-order valence-electron chi connectivity index (χ1n) is 12.1. The number of carbonyl (C=O) groups is 1. The number of likely N-dealkylation sites (tertiary alicyclic amines) is 2. The Bertz CT molecular complexity index is 941. The van der Waals surface area contributed by atoms with E-state index in [9.17, 15) is 4.79 Å². The lowest BCUT2D eigenvalue weighted by Crippen LogP contribution is -2.36. The van der Waals surface area contributed by atoms with E-state index in [1.165, 1.54) is 0 Å². The largest absolute Gasteiger partial charge is 0.369 e. The monoisotopic (exact) mass is 474 g/mol. The van der Waals surface area contributed by atoms with Gasteiger partial charge in [-0.1, -0.05) is 18.5 Å². The maximum absolute atomic E-state index is 11.9. The molecule has 4 heterocycles. The third-order valence-electron chi connectivity index (χ3n) is 6.51. The average Bonchev–Trinajstić information content (AvgIpc) is 3.23. The van der Waals surface area contributed by atoms with Gasteiger partial charge in [0, 0.05) is 32.3 Å². The number of halogens is 1. The minimum absolute atomic E-state index is 0.264. The molecule has 4 rings (SSSR count). The number of aryl methyl sites for hydroxylation is 1. The van der Waals surface area contributed by atoms with Crippen LogP contribution in [0.1, 0.15) is 57.2 Å². The topological polar surface area (TPSA) is 91.2 Å². The molecule has 0 radical (unpaired) electrons. The molecule has 0 saturated carbocycles. The van der Waals surface area contributed by atoms with Crippen molar-refractivity contribution in [2.75, 3.05) is 50.4 Å². The number of aromatic nitrogens is 4. The SMILES string of the molecule is CCc1nn(C2CCN(C)CC2)cc1Nc1ncc(Cl)c(NCCCN2CCCCC2=O)n1. The van der Waals surface area contributed by atoms with Gasteiger partial charge in [-0.3, -0.25) is 9.48 Å². The van der Waals surface area contributed by atoms with Gasteiger partial charge in [-0.05, 0) is 58.7 Å². The Hall–Kier alpha value is -2.39. The number of amides is 1. The fraction of sp³-hybridized carbons (Fsp3) is 0.652. The molecule has 0 aromatic carbocycles. The van der Waals surface area contributed by atoms with Crippen LogP contribution in [-0.2, 0) is 11.2 Å². The van der Waals surface area contributed by atoms with Gasteiger partial charge in [0.1, 0.15) is 10.8 Å². The zero-order valence-electron chi connectivity index (χ0n) is 19.7. The molecule has 0 atom stereocenters. The molecule has 33 heavy (non-hydrogen) atoms. The number of nitrogens with zero attached hydrogens (tertiary/aromatic N) is 6. The van der Waals surface area contributed by atoms with E-state index in [-0.39, 0.29) is 5.91 Å². The maximum atomic E-state index is 11.9. The van der Waals surface area contributed by atoms with Crippen LogP contribution < -0.4 is 10.6 Å². The highest BCUT2D eigenvalue weighted by Crippen LogP contribution is 2.27. The average molecular weight is 475 g/mol. The van der Waals surface area contributed by atoms with Gasteiger partial charge in [-0.15, -0.1) is 0 Å². The molecule has 1 amide bonds. The van der Waals surface area contributed by atoms with E-state index in [2.05, 4.69) is 50.4 Å². The molecule has 2 aliphatic heterocycles. The maximum Gasteiger partial charge on any atom is 0.229 e. The predicted octanol–water partition coefficient (Wildman–Crippen LogP) is 3.71. The van der Waals surface area contributed by atoms with Crippen molar-refractivity contribution in [1.29, 1.82) is 0 Å². The first kappa shape index (κ1) is 23.8. The molecule has 0 spiro atoms. The number of rotatable bonds is 9. The van der Waals surface area contributed by atoms with Crippen LogP contribution in [0, 0.1) is 0 Å². The zero-order chi connectivity index (χ0) is 23.2. The normalized spacial score (nSPS) is 18.0. The summed E-state index contributed by atoms with van der Waals surface area (Å²) in [6, 6.07) is 0.428. The number of piperidine rings is 2.